The van der Waals surface area contributed by atoms with Crippen molar-refractivity contribution in [2.45, 2.75) is 18.7 Å². The molecule has 21 heavy (non-hydrogen) atoms. The molecular formula is C14H18Cl2N2O3. The molecule has 1 aliphatic rings. The van der Waals surface area contributed by atoms with Crippen molar-refractivity contribution in [2.24, 2.45) is 0 Å². The Morgan fingerprint density at radius 2 is 2.10 bits per heavy atom. The highest BCUT2D eigenvalue weighted by atomic mass is 35.5. The third-order valence-corrected chi connectivity index (χ3v) is 4.41. The van der Waals surface area contributed by atoms with Crippen LogP contribution in [-0.2, 0) is 11.3 Å². The van der Waals surface area contributed by atoms with Crippen LogP contribution in [0.15, 0.2) is 18.2 Å². The van der Waals surface area contributed by atoms with Crippen molar-refractivity contribution in [1.29, 1.82) is 0 Å². The molecule has 0 aromatic heterocycles. The number of hydrogen-bond donors (Lipinski definition) is 2. The summed E-state index contributed by atoms with van der Waals surface area (Å²) < 4.78 is 0. The molecule has 1 saturated heterocycles. The number of halogens is 2. The number of aliphatic carboxylic acids is 1. The molecular weight excluding hydrogens is 315 g/mol. The van der Waals surface area contributed by atoms with Crippen molar-refractivity contribution in [2.75, 3.05) is 26.7 Å². The fourth-order valence-corrected chi connectivity index (χ4v) is 2.96. The average Bonchev–Trinajstić information content (AvgIpc) is 2.74. The number of carboxylic acids is 1. The molecule has 0 bridgehead atoms. The SMILES string of the molecule is CN(CC(=O)O)[C@H]1CN(Cc2ccc(Cl)c(Cl)c2)C[C@H]1O. The predicted molar refractivity (Wildman–Crippen MR) is 81.8 cm³/mol. The van der Waals surface area contributed by atoms with Gasteiger partial charge in [0.2, 0.25) is 0 Å². The lowest BCUT2D eigenvalue weighted by molar-refractivity contribution is -0.138. The number of aliphatic hydroxyl groups is 1. The Hall–Kier alpha value is -0.850. The van der Waals surface area contributed by atoms with Crippen LogP contribution in [0.3, 0.4) is 0 Å². The third kappa shape index (κ3) is 4.31. The summed E-state index contributed by atoms with van der Waals surface area (Å²) in [4.78, 5) is 14.5. The van der Waals surface area contributed by atoms with Crippen molar-refractivity contribution in [3.63, 3.8) is 0 Å². The molecule has 1 aromatic rings. The first-order valence-electron chi connectivity index (χ1n) is 6.63. The fraction of sp³-hybridized carbons (Fsp3) is 0.500. The van der Waals surface area contributed by atoms with E-state index in [-0.39, 0.29) is 12.6 Å². The Balaban J connectivity index is 1.97. The lowest BCUT2D eigenvalue weighted by Crippen LogP contribution is -2.43. The van der Waals surface area contributed by atoms with Gasteiger partial charge in [0.05, 0.1) is 22.7 Å². The number of carboxylic acid groups (broad SMARTS) is 1. The van der Waals surface area contributed by atoms with E-state index in [1.54, 1.807) is 18.0 Å². The van der Waals surface area contributed by atoms with Gasteiger partial charge in [-0.15, -0.1) is 0 Å². The van der Waals surface area contributed by atoms with Gasteiger partial charge in [-0.25, -0.2) is 0 Å². The van der Waals surface area contributed by atoms with Gasteiger partial charge in [0.15, 0.2) is 0 Å². The van der Waals surface area contributed by atoms with Crippen molar-refractivity contribution < 1.29 is 15.0 Å². The first kappa shape index (κ1) is 16.5. The molecule has 2 N–H and O–H groups in total. The van der Waals surface area contributed by atoms with E-state index in [4.69, 9.17) is 28.3 Å². The molecule has 5 nitrogen and oxygen atoms in total. The molecule has 1 aromatic carbocycles. The number of likely N-dealkylation sites (tertiary alicyclic amines) is 1. The monoisotopic (exact) mass is 332 g/mol. The van der Waals surface area contributed by atoms with Gasteiger partial charge in [-0.2, -0.15) is 0 Å². The maximum absolute atomic E-state index is 10.8. The van der Waals surface area contributed by atoms with Gasteiger partial charge in [0, 0.05) is 25.7 Å². The zero-order chi connectivity index (χ0) is 15.6. The summed E-state index contributed by atoms with van der Waals surface area (Å²) in [5.41, 5.74) is 1.01. The lowest BCUT2D eigenvalue weighted by Gasteiger charge is -2.24. The second-order valence-electron chi connectivity index (χ2n) is 5.39. The summed E-state index contributed by atoms with van der Waals surface area (Å²) in [6.07, 6.45) is -0.558. The quantitative estimate of drug-likeness (QED) is 0.856. The molecule has 7 heteroatoms. The summed E-state index contributed by atoms with van der Waals surface area (Å²) in [5.74, 6) is -0.896. The second kappa shape index (κ2) is 6.94. The van der Waals surface area contributed by atoms with Crippen LogP contribution in [0.1, 0.15) is 5.56 Å². The highest BCUT2D eigenvalue weighted by molar-refractivity contribution is 6.42. The normalized spacial score (nSPS) is 22.9. The molecule has 0 spiro atoms. The van der Waals surface area contributed by atoms with Gasteiger partial charge in [0.25, 0.3) is 0 Å². The Labute approximate surface area is 133 Å². The van der Waals surface area contributed by atoms with E-state index in [1.807, 2.05) is 12.1 Å². The van der Waals surface area contributed by atoms with Crippen LogP contribution in [-0.4, -0.2) is 64.8 Å². The zero-order valence-electron chi connectivity index (χ0n) is 11.7. The molecule has 0 aliphatic carbocycles. The van der Waals surface area contributed by atoms with Crippen LogP contribution >= 0.6 is 23.2 Å². The third-order valence-electron chi connectivity index (χ3n) is 3.68. The first-order valence-corrected chi connectivity index (χ1v) is 7.39. The largest absolute Gasteiger partial charge is 0.480 e. The van der Waals surface area contributed by atoms with E-state index in [9.17, 15) is 9.90 Å². The summed E-state index contributed by atoms with van der Waals surface area (Å²) in [6, 6.07) is 5.28. The van der Waals surface area contributed by atoms with Gasteiger partial charge in [-0.05, 0) is 24.7 Å². The number of benzene rings is 1. The molecule has 2 rings (SSSR count). The summed E-state index contributed by atoms with van der Waals surface area (Å²) in [7, 11) is 1.71. The van der Waals surface area contributed by atoms with E-state index in [2.05, 4.69) is 4.90 Å². The summed E-state index contributed by atoms with van der Waals surface area (Å²) >= 11 is 11.9. The first-order chi connectivity index (χ1) is 9.86. The predicted octanol–water partition coefficient (Wildman–Crippen LogP) is 1.55. The maximum Gasteiger partial charge on any atom is 0.317 e. The lowest BCUT2D eigenvalue weighted by atomic mass is 10.2. The molecule has 1 heterocycles. The number of aliphatic hydroxyl groups excluding tert-OH is 1. The minimum Gasteiger partial charge on any atom is -0.480 e. The summed E-state index contributed by atoms with van der Waals surface area (Å²) in [6.45, 7) is 1.69. The minimum absolute atomic E-state index is 0.0810. The zero-order valence-corrected chi connectivity index (χ0v) is 13.2. The Bertz CT molecular complexity index is 527. The standard InChI is InChI=1S/C14H18Cl2N2O3/c1-17(8-14(20)21)12-6-18(7-13(12)19)5-9-2-3-10(15)11(16)4-9/h2-4,12-13,19H,5-8H2,1H3,(H,20,21)/t12-,13+/m0/s1. The molecule has 116 valence electrons. The van der Waals surface area contributed by atoms with E-state index in [0.717, 1.165) is 5.56 Å². The van der Waals surface area contributed by atoms with Crippen molar-refractivity contribution in [3.8, 4) is 0 Å². The molecule has 0 amide bonds. The van der Waals surface area contributed by atoms with Crippen molar-refractivity contribution >= 4 is 29.2 Å². The van der Waals surface area contributed by atoms with E-state index >= 15 is 0 Å². The second-order valence-corrected chi connectivity index (χ2v) is 6.20. The number of nitrogens with zero attached hydrogens (tertiary/aromatic N) is 2. The Kier molecular flexibility index (Phi) is 5.46. The van der Waals surface area contributed by atoms with Gasteiger partial charge < -0.3 is 10.2 Å². The van der Waals surface area contributed by atoms with E-state index in [0.29, 0.717) is 29.7 Å². The van der Waals surface area contributed by atoms with Gasteiger partial charge in [-0.1, -0.05) is 29.3 Å². The van der Waals surface area contributed by atoms with E-state index in [1.165, 1.54) is 0 Å². The molecule has 0 saturated carbocycles. The number of rotatable bonds is 5. The fourth-order valence-electron chi connectivity index (χ4n) is 2.64. The molecule has 1 fully saturated rings. The molecule has 1 aliphatic heterocycles. The molecule has 0 unspecified atom stereocenters. The highest BCUT2D eigenvalue weighted by Gasteiger charge is 2.34. The van der Waals surface area contributed by atoms with Crippen LogP contribution in [0.4, 0.5) is 0 Å². The molecule has 2 atom stereocenters. The topological polar surface area (TPSA) is 64.0 Å². The Morgan fingerprint density at radius 3 is 2.71 bits per heavy atom. The van der Waals surface area contributed by atoms with E-state index < -0.39 is 12.1 Å². The minimum atomic E-state index is -0.896. The highest BCUT2D eigenvalue weighted by Crippen LogP contribution is 2.24. The summed E-state index contributed by atoms with van der Waals surface area (Å²) in [5, 5.41) is 19.9. The smallest absolute Gasteiger partial charge is 0.317 e. The number of hydrogen-bond acceptors (Lipinski definition) is 4. The number of carbonyl (C=O) groups is 1. The van der Waals surface area contributed by atoms with Crippen molar-refractivity contribution in [3.05, 3.63) is 33.8 Å². The Morgan fingerprint density at radius 1 is 1.38 bits per heavy atom. The van der Waals surface area contributed by atoms with Crippen LogP contribution < -0.4 is 0 Å². The van der Waals surface area contributed by atoms with Crippen LogP contribution in [0.25, 0.3) is 0 Å². The molecule has 0 radical (unpaired) electrons. The van der Waals surface area contributed by atoms with Gasteiger partial charge in [0.1, 0.15) is 0 Å². The number of β-amino-alcohol motifs (C(OH)–C–C–N with tert-alkyl or cyclic N) is 1. The van der Waals surface area contributed by atoms with Gasteiger partial charge >= 0.3 is 5.97 Å². The maximum atomic E-state index is 10.8. The average molecular weight is 333 g/mol. The number of likely N-dealkylation sites (N-methyl/N-ethyl adjacent to an activating group) is 1. The van der Waals surface area contributed by atoms with Crippen LogP contribution in [0.2, 0.25) is 10.0 Å². The van der Waals surface area contributed by atoms with Gasteiger partial charge in [-0.3, -0.25) is 14.6 Å². The van der Waals surface area contributed by atoms with Crippen LogP contribution in [0, 0.1) is 0 Å². The van der Waals surface area contributed by atoms with Crippen LogP contribution in [0.5, 0.6) is 0 Å². The van der Waals surface area contributed by atoms with Crippen molar-refractivity contribution in [1.82, 2.24) is 9.80 Å².